The monoisotopic (exact) mass is 298 g/mol. The van der Waals surface area contributed by atoms with E-state index in [0.29, 0.717) is 6.04 Å². The molecule has 0 bridgehead atoms. The molecule has 1 aliphatic heterocycles. The molecule has 1 fully saturated rings. The van der Waals surface area contributed by atoms with Crippen LogP contribution in [0.15, 0.2) is 60.7 Å². The average Bonchev–Trinajstić information content (AvgIpc) is 3.02. The number of hydrogen-bond donors (Lipinski definition) is 1. The molecular formula is C18H22N2S. The van der Waals surface area contributed by atoms with Crippen LogP contribution >= 0.6 is 11.8 Å². The summed E-state index contributed by atoms with van der Waals surface area (Å²) in [7, 11) is 0. The molecule has 0 radical (unpaired) electrons. The summed E-state index contributed by atoms with van der Waals surface area (Å²) in [5.74, 6) is 2.31. The molecule has 2 nitrogen and oxygen atoms in total. The Balaban J connectivity index is 1.67. The largest absolute Gasteiger partial charge is 0.303 e. The van der Waals surface area contributed by atoms with E-state index in [9.17, 15) is 0 Å². The Hall–Kier alpha value is -1.29. The van der Waals surface area contributed by atoms with Gasteiger partial charge in [-0.3, -0.25) is 4.90 Å². The van der Waals surface area contributed by atoms with Gasteiger partial charge in [0.1, 0.15) is 0 Å². The highest BCUT2D eigenvalue weighted by atomic mass is 32.2. The van der Waals surface area contributed by atoms with Gasteiger partial charge < -0.3 is 5.32 Å². The second kappa shape index (κ2) is 7.64. The summed E-state index contributed by atoms with van der Waals surface area (Å²) in [6.45, 7) is 3.13. The van der Waals surface area contributed by atoms with Gasteiger partial charge >= 0.3 is 0 Å². The summed E-state index contributed by atoms with van der Waals surface area (Å²) < 4.78 is 0. The van der Waals surface area contributed by atoms with Crippen LogP contribution in [0.4, 0.5) is 0 Å². The van der Waals surface area contributed by atoms with E-state index in [1.165, 1.54) is 16.9 Å². The molecule has 2 aromatic rings. The smallest absolute Gasteiger partial charge is 0.0421 e. The molecule has 110 valence electrons. The van der Waals surface area contributed by atoms with Crippen molar-refractivity contribution in [2.75, 3.05) is 18.2 Å². The van der Waals surface area contributed by atoms with Crippen molar-refractivity contribution in [2.45, 2.75) is 19.1 Å². The molecule has 1 heterocycles. The van der Waals surface area contributed by atoms with Gasteiger partial charge in [-0.2, -0.15) is 0 Å². The van der Waals surface area contributed by atoms with Gasteiger partial charge in [0.25, 0.3) is 0 Å². The Morgan fingerprint density at radius 3 is 1.95 bits per heavy atom. The predicted octanol–water partition coefficient (Wildman–Crippen LogP) is 3.35. The van der Waals surface area contributed by atoms with Gasteiger partial charge in [0.15, 0.2) is 0 Å². The number of thioether (sulfide) groups is 1. The molecule has 1 N–H and O–H groups in total. The normalized spacial score (nSPS) is 18.2. The molecule has 1 unspecified atom stereocenters. The Labute approximate surface area is 131 Å². The molecular weight excluding hydrogens is 276 g/mol. The maximum absolute atomic E-state index is 3.58. The first-order valence-corrected chi connectivity index (χ1v) is 8.67. The highest BCUT2D eigenvalue weighted by Crippen LogP contribution is 2.15. The van der Waals surface area contributed by atoms with Gasteiger partial charge in [0.2, 0.25) is 0 Å². The number of hydrogen-bond acceptors (Lipinski definition) is 3. The van der Waals surface area contributed by atoms with Gasteiger partial charge in [-0.1, -0.05) is 60.7 Å². The molecule has 0 spiro atoms. The first-order chi connectivity index (χ1) is 10.4. The van der Waals surface area contributed by atoms with Crippen molar-refractivity contribution in [3.05, 3.63) is 71.8 Å². The standard InChI is InChI=1S/C18H22N2S/c1-3-7-16(8-4-1)11-20(13-18-14-21-15-19-18)12-17-9-5-2-6-10-17/h1-10,18-19H,11-15H2. The summed E-state index contributed by atoms with van der Waals surface area (Å²) in [6, 6.07) is 22.1. The Morgan fingerprint density at radius 1 is 0.905 bits per heavy atom. The van der Waals surface area contributed by atoms with E-state index >= 15 is 0 Å². The fraction of sp³-hybridized carbons (Fsp3) is 0.333. The summed E-state index contributed by atoms with van der Waals surface area (Å²) in [6.07, 6.45) is 0. The quantitative estimate of drug-likeness (QED) is 0.880. The lowest BCUT2D eigenvalue weighted by Gasteiger charge is -2.25. The van der Waals surface area contributed by atoms with E-state index in [1.807, 2.05) is 11.8 Å². The fourth-order valence-corrected chi connectivity index (χ4v) is 3.71. The minimum atomic E-state index is 0.613. The third-order valence-corrected chi connectivity index (χ3v) is 4.78. The van der Waals surface area contributed by atoms with E-state index in [1.54, 1.807) is 0 Å². The lowest BCUT2D eigenvalue weighted by molar-refractivity contribution is 0.237. The molecule has 1 atom stereocenters. The molecule has 0 saturated carbocycles. The number of nitrogens with one attached hydrogen (secondary N) is 1. The first-order valence-electron chi connectivity index (χ1n) is 7.51. The van der Waals surface area contributed by atoms with Crippen LogP contribution in [0.1, 0.15) is 11.1 Å². The molecule has 21 heavy (non-hydrogen) atoms. The third kappa shape index (κ3) is 4.60. The molecule has 1 saturated heterocycles. The molecule has 0 amide bonds. The van der Waals surface area contributed by atoms with Gasteiger partial charge in [-0.25, -0.2) is 0 Å². The van der Waals surface area contributed by atoms with Crippen molar-refractivity contribution < 1.29 is 0 Å². The van der Waals surface area contributed by atoms with Crippen molar-refractivity contribution in [3.63, 3.8) is 0 Å². The summed E-state index contributed by atoms with van der Waals surface area (Å²) >= 11 is 2.00. The van der Waals surface area contributed by atoms with Crippen LogP contribution in [0.25, 0.3) is 0 Å². The van der Waals surface area contributed by atoms with Crippen molar-refractivity contribution in [1.29, 1.82) is 0 Å². The molecule has 3 rings (SSSR count). The zero-order chi connectivity index (χ0) is 14.3. The summed E-state index contributed by atoms with van der Waals surface area (Å²) in [5.41, 5.74) is 2.78. The number of nitrogens with zero attached hydrogens (tertiary/aromatic N) is 1. The average molecular weight is 298 g/mol. The maximum atomic E-state index is 3.58. The predicted molar refractivity (Wildman–Crippen MR) is 91.2 cm³/mol. The zero-order valence-electron chi connectivity index (χ0n) is 12.2. The van der Waals surface area contributed by atoms with Crippen LogP contribution in [0.3, 0.4) is 0 Å². The summed E-state index contributed by atoms with van der Waals surface area (Å²) in [4.78, 5) is 2.55. The van der Waals surface area contributed by atoms with Crippen LogP contribution in [0.5, 0.6) is 0 Å². The Kier molecular flexibility index (Phi) is 5.33. The minimum absolute atomic E-state index is 0.613. The van der Waals surface area contributed by atoms with Crippen LogP contribution in [-0.4, -0.2) is 29.1 Å². The van der Waals surface area contributed by atoms with Gasteiger partial charge in [0.05, 0.1) is 0 Å². The van der Waals surface area contributed by atoms with Gasteiger partial charge in [-0.15, -0.1) is 11.8 Å². The minimum Gasteiger partial charge on any atom is -0.303 e. The second-order valence-corrected chi connectivity index (χ2v) is 6.59. The van der Waals surface area contributed by atoms with Crippen molar-refractivity contribution in [2.24, 2.45) is 0 Å². The first kappa shape index (κ1) is 14.6. The number of benzene rings is 2. The molecule has 0 aliphatic carbocycles. The SMILES string of the molecule is c1ccc(CN(Cc2ccccc2)CC2CSCN2)cc1. The number of rotatable bonds is 6. The van der Waals surface area contributed by atoms with E-state index in [2.05, 4.69) is 70.9 Å². The van der Waals surface area contributed by atoms with E-state index < -0.39 is 0 Å². The van der Waals surface area contributed by atoms with Crippen LogP contribution in [-0.2, 0) is 13.1 Å². The Morgan fingerprint density at radius 2 is 1.48 bits per heavy atom. The molecule has 3 heteroatoms. The highest BCUT2D eigenvalue weighted by Gasteiger charge is 2.18. The third-order valence-electron chi connectivity index (χ3n) is 3.77. The van der Waals surface area contributed by atoms with Crippen molar-refractivity contribution >= 4 is 11.8 Å². The van der Waals surface area contributed by atoms with Gasteiger partial charge in [-0.05, 0) is 11.1 Å². The van der Waals surface area contributed by atoms with Gasteiger partial charge in [0, 0.05) is 37.3 Å². The Bertz CT molecular complexity index is 482. The van der Waals surface area contributed by atoms with Crippen molar-refractivity contribution in [1.82, 2.24) is 10.2 Å². The van der Waals surface area contributed by atoms with E-state index in [0.717, 1.165) is 25.5 Å². The van der Waals surface area contributed by atoms with Crippen LogP contribution in [0.2, 0.25) is 0 Å². The lowest BCUT2D eigenvalue weighted by atomic mass is 10.1. The highest BCUT2D eigenvalue weighted by molar-refractivity contribution is 7.99. The zero-order valence-corrected chi connectivity index (χ0v) is 13.1. The topological polar surface area (TPSA) is 15.3 Å². The molecule has 0 aromatic heterocycles. The summed E-state index contributed by atoms with van der Waals surface area (Å²) in [5, 5.41) is 3.58. The van der Waals surface area contributed by atoms with E-state index in [4.69, 9.17) is 0 Å². The van der Waals surface area contributed by atoms with Crippen LogP contribution < -0.4 is 5.32 Å². The van der Waals surface area contributed by atoms with Crippen molar-refractivity contribution in [3.8, 4) is 0 Å². The second-order valence-electron chi connectivity index (χ2n) is 5.56. The van der Waals surface area contributed by atoms with E-state index in [-0.39, 0.29) is 0 Å². The molecule has 2 aromatic carbocycles. The maximum Gasteiger partial charge on any atom is 0.0421 e. The fourth-order valence-electron chi connectivity index (χ4n) is 2.73. The van der Waals surface area contributed by atoms with Crippen LogP contribution in [0, 0.1) is 0 Å². The molecule has 1 aliphatic rings. The lowest BCUT2D eigenvalue weighted by Crippen LogP contribution is -2.38.